The fourth-order valence-corrected chi connectivity index (χ4v) is 3.31. The summed E-state index contributed by atoms with van der Waals surface area (Å²) >= 11 is 17.9. The zero-order valence-electron chi connectivity index (χ0n) is 14.4. The van der Waals surface area contributed by atoms with Crippen LogP contribution in [-0.2, 0) is 6.54 Å². The SMILES string of the molecule is Cc1cccc(NC(=S)Nc2cc(C)n(Cc3c(Cl)cccc3Cl)n2)c1. The molecule has 0 saturated carbocycles. The Morgan fingerprint density at radius 3 is 2.42 bits per heavy atom. The topological polar surface area (TPSA) is 41.9 Å². The van der Waals surface area contributed by atoms with Gasteiger partial charge in [-0.15, -0.1) is 0 Å². The van der Waals surface area contributed by atoms with Crippen LogP contribution in [0, 0.1) is 13.8 Å². The predicted octanol–water partition coefficient (Wildman–Crippen LogP) is 5.66. The van der Waals surface area contributed by atoms with Crippen molar-refractivity contribution in [2.45, 2.75) is 20.4 Å². The maximum Gasteiger partial charge on any atom is 0.176 e. The molecule has 0 aliphatic rings. The zero-order valence-corrected chi connectivity index (χ0v) is 16.7. The Bertz CT molecular complexity index is 932. The van der Waals surface area contributed by atoms with E-state index in [-0.39, 0.29) is 0 Å². The van der Waals surface area contributed by atoms with Crippen LogP contribution in [-0.4, -0.2) is 14.9 Å². The van der Waals surface area contributed by atoms with Gasteiger partial charge in [0.25, 0.3) is 0 Å². The molecule has 0 radical (unpaired) electrons. The number of benzene rings is 2. The van der Waals surface area contributed by atoms with Crippen LogP contribution in [0.4, 0.5) is 11.5 Å². The van der Waals surface area contributed by atoms with Gasteiger partial charge in [-0.25, -0.2) is 0 Å². The molecule has 0 amide bonds. The normalized spacial score (nSPS) is 10.6. The third kappa shape index (κ3) is 4.55. The third-order valence-electron chi connectivity index (χ3n) is 3.87. The van der Waals surface area contributed by atoms with Crippen molar-refractivity contribution in [3.8, 4) is 0 Å². The Kier molecular flexibility index (Phi) is 5.81. The lowest BCUT2D eigenvalue weighted by Crippen LogP contribution is -2.19. The summed E-state index contributed by atoms with van der Waals surface area (Å²) < 4.78 is 1.84. The van der Waals surface area contributed by atoms with E-state index in [2.05, 4.69) is 15.7 Å². The van der Waals surface area contributed by atoms with E-state index in [1.807, 2.05) is 67.1 Å². The molecule has 26 heavy (non-hydrogen) atoms. The Hall–Kier alpha value is -2.08. The van der Waals surface area contributed by atoms with Gasteiger partial charge in [-0.2, -0.15) is 5.10 Å². The molecule has 4 nitrogen and oxygen atoms in total. The zero-order chi connectivity index (χ0) is 18.7. The molecule has 3 aromatic rings. The Morgan fingerprint density at radius 2 is 1.73 bits per heavy atom. The van der Waals surface area contributed by atoms with Gasteiger partial charge in [-0.3, -0.25) is 4.68 Å². The Morgan fingerprint density at radius 1 is 1.04 bits per heavy atom. The van der Waals surface area contributed by atoms with E-state index in [4.69, 9.17) is 35.4 Å². The van der Waals surface area contributed by atoms with Crippen molar-refractivity contribution in [1.82, 2.24) is 9.78 Å². The first-order valence-corrected chi connectivity index (χ1v) is 9.21. The summed E-state index contributed by atoms with van der Waals surface area (Å²) in [4.78, 5) is 0. The fraction of sp³-hybridized carbons (Fsp3) is 0.158. The van der Waals surface area contributed by atoms with Crippen molar-refractivity contribution >= 4 is 52.0 Å². The second kappa shape index (κ2) is 8.08. The second-order valence-electron chi connectivity index (χ2n) is 5.98. The number of hydrogen-bond acceptors (Lipinski definition) is 2. The molecule has 0 saturated heterocycles. The van der Waals surface area contributed by atoms with E-state index in [1.54, 1.807) is 0 Å². The van der Waals surface area contributed by atoms with E-state index in [1.165, 1.54) is 0 Å². The molecule has 3 rings (SSSR count). The van der Waals surface area contributed by atoms with Crippen molar-refractivity contribution < 1.29 is 0 Å². The number of aryl methyl sites for hydroxylation is 2. The van der Waals surface area contributed by atoms with Crippen molar-refractivity contribution in [3.63, 3.8) is 0 Å². The summed E-state index contributed by atoms with van der Waals surface area (Å²) in [7, 11) is 0. The minimum atomic E-state index is 0.482. The smallest absolute Gasteiger partial charge is 0.176 e. The van der Waals surface area contributed by atoms with Gasteiger partial charge in [0.15, 0.2) is 10.9 Å². The van der Waals surface area contributed by atoms with E-state index >= 15 is 0 Å². The van der Waals surface area contributed by atoms with Crippen LogP contribution in [0.15, 0.2) is 48.5 Å². The van der Waals surface area contributed by atoms with Gasteiger partial charge >= 0.3 is 0 Å². The summed E-state index contributed by atoms with van der Waals surface area (Å²) in [6.07, 6.45) is 0. The average molecular weight is 405 g/mol. The highest BCUT2D eigenvalue weighted by atomic mass is 35.5. The average Bonchev–Trinajstić information content (AvgIpc) is 2.90. The lowest BCUT2D eigenvalue weighted by molar-refractivity contribution is 0.668. The molecule has 0 bridgehead atoms. The molecule has 1 heterocycles. The van der Waals surface area contributed by atoms with Crippen molar-refractivity contribution in [1.29, 1.82) is 0 Å². The van der Waals surface area contributed by atoms with E-state index < -0.39 is 0 Å². The fourth-order valence-electron chi connectivity index (χ4n) is 2.57. The molecular weight excluding hydrogens is 387 g/mol. The molecule has 0 spiro atoms. The van der Waals surface area contributed by atoms with E-state index in [0.29, 0.717) is 27.5 Å². The summed E-state index contributed by atoms with van der Waals surface area (Å²) in [6.45, 7) is 4.50. The largest absolute Gasteiger partial charge is 0.332 e. The third-order valence-corrected chi connectivity index (χ3v) is 4.78. The highest BCUT2D eigenvalue weighted by Crippen LogP contribution is 2.25. The predicted molar refractivity (Wildman–Crippen MR) is 114 cm³/mol. The standard InChI is InChI=1S/C19H18Cl2N4S/c1-12-5-3-6-14(9-12)22-19(26)23-18-10-13(2)25(24-18)11-15-16(20)7-4-8-17(15)21/h3-10H,11H2,1-2H3,(H2,22,23,24,26). The second-order valence-corrected chi connectivity index (χ2v) is 7.20. The number of nitrogens with one attached hydrogen (secondary N) is 2. The van der Waals surface area contributed by atoms with Gasteiger partial charge in [0.2, 0.25) is 0 Å². The van der Waals surface area contributed by atoms with Crippen LogP contribution in [0.5, 0.6) is 0 Å². The molecular formula is C19H18Cl2N4S. The van der Waals surface area contributed by atoms with Gasteiger partial charge in [0.1, 0.15) is 0 Å². The molecule has 2 aromatic carbocycles. The lowest BCUT2D eigenvalue weighted by atomic mass is 10.2. The number of nitrogens with zero attached hydrogens (tertiary/aromatic N) is 2. The number of aromatic nitrogens is 2. The van der Waals surface area contributed by atoms with Gasteiger partial charge in [0, 0.05) is 33.1 Å². The molecule has 7 heteroatoms. The molecule has 1 aromatic heterocycles. The first-order valence-electron chi connectivity index (χ1n) is 8.04. The highest BCUT2D eigenvalue weighted by Gasteiger charge is 2.11. The molecule has 0 aliphatic carbocycles. The molecule has 0 aliphatic heterocycles. The quantitative estimate of drug-likeness (QED) is 0.550. The molecule has 0 atom stereocenters. The minimum absolute atomic E-state index is 0.482. The Labute approximate surface area is 168 Å². The minimum Gasteiger partial charge on any atom is -0.332 e. The van der Waals surface area contributed by atoms with E-state index in [0.717, 1.165) is 22.5 Å². The monoisotopic (exact) mass is 404 g/mol. The summed E-state index contributed by atoms with van der Waals surface area (Å²) in [5.74, 6) is 0.663. The van der Waals surface area contributed by atoms with Gasteiger partial charge in [-0.05, 0) is 55.9 Å². The highest BCUT2D eigenvalue weighted by molar-refractivity contribution is 7.80. The lowest BCUT2D eigenvalue weighted by Gasteiger charge is -2.10. The van der Waals surface area contributed by atoms with Crippen LogP contribution in [0.2, 0.25) is 10.0 Å². The van der Waals surface area contributed by atoms with Gasteiger partial charge in [-0.1, -0.05) is 41.4 Å². The van der Waals surface area contributed by atoms with Crippen LogP contribution >= 0.6 is 35.4 Å². The summed E-state index contributed by atoms with van der Waals surface area (Å²) in [6, 6.07) is 15.4. The van der Waals surface area contributed by atoms with Crippen LogP contribution in [0.3, 0.4) is 0 Å². The van der Waals surface area contributed by atoms with Crippen molar-refractivity contribution in [3.05, 3.63) is 75.4 Å². The summed E-state index contributed by atoms with van der Waals surface area (Å²) in [5, 5.41) is 12.5. The first kappa shape index (κ1) is 18.7. The van der Waals surface area contributed by atoms with Crippen LogP contribution in [0.25, 0.3) is 0 Å². The van der Waals surface area contributed by atoms with E-state index in [9.17, 15) is 0 Å². The van der Waals surface area contributed by atoms with Gasteiger partial charge in [0.05, 0.1) is 6.54 Å². The molecule has 2 N–H and O–H groups in total. The van der Waals surface area contributed by atoms with Crippen molar-refractivity contribution in [2.75, 3.05) is 10.6 Å². The van der Waals surface area contributed by atoms with Crippen LogP contribution < -0.4 is 10.6 Å². The Balaban J connectivity index is 1.71. The number of halogens is 2. The van der Waals surface area contributed by atoms with Crippen molar-refractivity contribution in [2.24, 2.45) is 0 Å². The number of rotatable bonds is 4. The molecule has 134 valence electrons. The van der Waals surface area contributed by atoms with Gasteiger partial charge < -0.3 is 10.6 Å². The molecule has 0 unspecified atom stereocenters. The molecule has 0 fully saturated rings. The number of hydrogen-bond donors (Lipinski definition) is 2. The maximum absolute atomic E-state index is 6.25. The number of thiocarbonyl (C=S) groups is 1. The first-order chi connectivity index (χ1) is 12.4. The number of anilines is 2. The maximum atomic E-state index is 6.25. The summed E-state index contributed by atoms with van der Waals surface area (Å²) in [5.41, 5.74) is 3.91. The van der Waals surface area contributed by atoms with Crippen LogP contribution in [0.1, 0.15) is 16.8 Å².